The Labute approximate surface area is 104 Å². The first-order valence-electron chi connectivity index (χ1n) is 6.72. The largest absolute Gasteiger partial charge is 0.371 e. The Kier molecular flexibility index (Phi) is 3.73. The monoisotopic (exact) mass is 240 g/mol. The normalized spacial score (nSPS) is 33.1. The van der Waals surface area contributed by atoms with Crippen LogP contribution >= 0.6 is 0 Å². The van der Waals surface area contributed by atoms with E-state index in [2.05, 4.69) is 19.2 Å². The molecule has 2 aliphatic rings. The third-order valence-electron chi connectivity index (χ3n) is 3.77. The summed E-state index contributed by atoms with van der Waals surface area (Å²) < 4.78 is 5.95. The first kappa shape index (κ1) is 12.8. The van der Waals surface area contributed by atoms with Crippen molar-refractivity contribution in [3.8, 4) is 0 Å². The summed E-state index contributed by atoms with van der Waals surface area (Å²) in [6.07, 6.45) is 3.26. The molecule has 1 amide bonds. The number of carbonyl (C=O) groups excluding carboxylic acids is 1. The molecule has 0 saturated carbocycles. The summed E-state index contributed by atoms with van der Waals surface area (Å²) in [5.41, 5.74) is -0.00803. The average Bonchev–Trinajstić information content (AvgIpc) is 2.61. The number of amides is 1. The Hall–Kier alpha value is -0.610. The van der Waals surface area contributed by atoms with Crippen molar-refractivity contribution in [1.82, 2.24) is 10.2 Å². The molecule has 17 heavy (non-hydrogen) atoms. The molecule has 98 valence electrons. The van der Waals surface area contributed by atoms with Crippen molar-refractivity contribution in [3.05, 3.63) is 0 Å². The lowest BCUT2D eigenvalue weighted by Crippen LogP contribution is -2.56. The standard InChI is InChI=1S/C13H24N2O2/c1-4-11-12(16)15(8-7-14-11)9-10-5-6-13(2,3)17-10/h10-11,14H,4-9H2,1-3H3. The first-order chi connectivity index (χ1) is 8.02. The molecule has 4 nitrogen and oxygen atoms in total. The summed E-state index contributed by atoms with van der Waals surface area (Å²) in [6, 6.07) is 0.0122. The lowest BCUT2D eigenvalue weighted by atomic mass is 10.0. The van der Waals surface area contributed by atoms with E-state index in [1.54, 1.807) is 0 Å². The van der Waals surface area contributed by atoms with Gasteiger partial charge in [0, 0.05) is 19.6 Å². The van der Waals surface area contributed by atoms with Gasteiger partial charge in [-0.25, -0.2) is 0 Å². The van der Waals surface area contributed by atoms with Crippen LogP contribution in [0.2, 0.25) is 0 Å². The maximum atomic E-state index is 12.1. The third kappa shape index (κ3) is 2.99. The minimum absolute atomic E-state index is 0.00803. The van der Waals surface area contributed by atoms with E-state index >= 15 is 0 Å². The highest BCUT2D eigenvalue weighted by Gasteiger charge is 2.35. The van der Waals surface area contributed by atoms with Crippen molar-refractivity contribution < 1.29 is 9.53 Å². The van der Waals surface area contributed by atoms with Crippen LogP contribution in [-0.4, -0.2) is 48.2 Å². The van der Waals surface area contributed by atoms with Crippen LogP contribution in [0.4, 0.5) is 0 Å². The maximum absolute atomic E-state index is 12.1. The van der Waals surface area contributed by atoms with Gasteiger partial charge >= 0.3 is 0 Å². The van der Waals surface area contributed by atoms with Gasteiger partial charge < -0.3 is 15.0 Å². The topological polar surface area (TPSA) is 41.6 Å². The van der Waals surface area contributed by atoms with E-state index in [9.17, 15) is 4.79 Å². The number of rotatable bonds is 3. The predicted octanol–water partition coefficient (Wildman–Crippen LogP) is 1.15. The molecule has 0 aromatic rings. The number of ether oxygens (including phenoxy) is 1. The second-order valence-electron chi connectivity index (χ2n) is 5.74. The molecule has 1 N–H and O–H groups in total. The van der Waals surface area contributed by atoms with Gasteiger partial charge in [0.2, 0.25) is 5.91 Å². The van der Waals surface area contributed by atoms with Gasteiger partial charge in [0.05, 0.1) is 17.7 Å². The van der Waals surface area contributed by atoms with Crippen LogP contribution in [0.25, 0.3) is 0 Å². The number of hydrogen-bond acceptors (Lipinski definition) is 3. The van der Waals surface area contributed by atoms with Gasteiger partial charge in [-0.3, -0.25) is 4.79 Å². The molecule has 2 atom stereocenters. The van der Waals surface area contributed by atoms with Crippen LogP contribution < -0.4 is 5.32 Å². The van der Waals surface area contributed by atoms with Gasteiger partial charge in [-0.15, -0.1) is 0 Å². The summed E-state index contributed by atoms with van der Waals surface area (Å²) >= 11 is 0. The number of nitrogens with one attached hydrogen (secondary N) is 1. The lowest BCUT2D eigenvalue weighted by Gasteiger charge is -2.34. The Morgan fingerprint density at radius 2 is 2.29 bits per heavy atom. The Balaban J connectivity index is 1.88. The van der Waals surface area contributed by atoms with Gasteiger partial charge in [0.25, 0.3) is 0 Å². The summed E-state index contributed by atoms with van der Waals surface area (Å²) in [6.45, 7) is 8.79. The van der Waals surface area contributed by atoms with Crippen molar-refractivity contribution in [2.24, 2.45) is 0 Å². The molecular weight excluding hydrogens is 216 g/mol. The van der Waals surface area contributed by atoms with Crippen LogP contribution in [0.1, 0.15) is 40.0 Å². The van der Waals surface area contributed by atoms with Crippen LogP contribution in [0, 0.1) is 0 Å². The second kappa shape index (κ2) is 4.94. The molecule has 2 fully saturated rings. The van der Waals surface area contributed by atoms with Gasteiger partial charge in [0.15, 0.2) is 0 Å². The molecule has 2 unspecified atom stereocenters. The Morgan fingerprint density at radius 3 is 2.88 bits per heavy atom. The van der Waals surface area contributed by atoms with Crippen molar-refractivity contribution >= 4 is 5.91 Å². The Bertz CT molecular complexity index is 291. The fourth-order valence-corrected chi connectivity index (χ4v) is 2.74. The molecule has 2 heterocycles. The van der Waals surface area contributed by atoms with E-state index in [1.165, 1.54) is 0 Å². The zero-order valence-corrected chi connectivity index (χ0v) is 11.2. The molecule has 0 aromatic heterocycles. The average molecular weight is 240 g/mol. The molecule has 4 heteroatoms. The van der Waals surface area contributed by atoms with E-state index in [1.807, 2.05) is 11.8 Å². The molecule has 2 saturated heterocycles. The molecule has 0 aliphatic carbocycles. The number of carbonyl (C=O) groups is 1. The van der Waals surface area contributed by atoms with Crippen LogP contribution in [-0.2, 0) is 9.53 Å². The molecule has 0 bridgehead atoms. The molecular formula is C13H24N2O2. The Morgan fingerprint density at radius 1 is 1.53 bits per heavy atom. The number of piperazine rings is 1. The van der Waals surface area contributed by atoms with E-state index in [4.69, 9.17) is 4.74 Å². The smallest absolute Gasteiger partial charge is 0.239 e. The molecule has 0 aromatic carbocycles. The van der Waals surface area contributed by atoms with Crippen molar-refractivity contribution in [2.45, 2.75) is 57.8 Å². The highest BCUT2D eigenvalue weighted by Crippen LogP contribution is 2.29. The van der Waals surface area contributed by atoms with E-state index in [0.29, 0.717) is 0 Å². The second-order valence-corrected chi connectivity index (χ2v) is 5.74. The fraction of sp³-hybridized carbons (Fsp3) is 0.923. The number of nitrogens with zero attached hydrogens (tertiary/aromatic N) is 1. The molecule has 2 rings (SSSR count). The number of hydrogen-bond donors (Lipinski definition) is 1. The highest BCUT2D eigenvalue weighted by atomic mass is 16.5. The SMILES string of the molecule is CCC1NCCN(CC2CCC(C)(C)O2)C1=O. The fourth-order valence-electron chi connectivity index (χ4n) is 2.74. The van der Waals surface area contributed by atoms with Crippen molar-refractivity contribution in [3.63, 3.8) is 0 Å². The van der Waals surface area contributed by atoms with Gasteiger partial charge in [0.1, 0.15) is 0 Å². The van der Waals surface area contributed by atoms with E-state index < -0.39 is 0 Å². The van der Waals surface area contributed by atoms with Crippen molar-refractivity contribution in [1.29, 1.82) is 0 Å². The van der Waals surface area contributed by atoms with Crippen LogP contribution in [0.5, 0.6) is 0 Å². The van der Waals surface area contributed by atoms with Gasteiger partial charge in [-0.05, 0) is 33.1 Å². The van der Waals surface area contributed by atoms with Crippen LogP contribution in [0.3, 0.4) is 0 Å². The highest BCUT2D eigenvalue weighted by molar-refractivity contribution is 5.82. The van der Waals surface area contributed by atoms with Crippen LogP contribution in [0.15, 0.2) is 0 Å². The molecule has 0 radical (unpaired) electrons. The van der Waals surface area contributed by atoms with E-state index in [-0.39, 0.29) is 23.7 Å². The zero-order valence-electron chi connectivity index (χ0n) is 11.2. The lowest BCUT2D eigenvalue weighted by molar-refractivity contribution is -0.138. The molecule has 2 aliphatic heterocycles. The summed E-state index contributed by atoms with van der Waals surface area (Å²) in [5.74, 6) is 0.243. The zero-order chi connectivity index (χ0) is 12.5. The third-order valence-corrected chi connectivity index (χ3v) is 3.77. The first-order valence-corrected chi connectivity index (χ1v) is 6.72. The van der Waals surface area contributed by atoms with E-state index in [0.717, 1.165) is 38.9 Å². The summed E-state index contributed by atoms with van der Waals surface area (Å²) in [5, 5.41) is 3.26. The minimum atomic E-state index is -0.00803. The van der Waals surface area contributed by atoms with Gasteiger partial charge in [-0.1, -0.05) is 6.92 Å². The summed E-state index contributed by atoms with van der Waals surface area (Å²) in [7, 11) is 0. The van der Waals surface area contributed by atoms with Crippen molar-refractivity contribution in [2.75, 3.05) is 19.6 Å². The maximum Gasteiger partial charge on any atom is 0.239 e. The molecule has 0 spiro atoms. The predicted molar refractivity (Wildman–Crippen MR) is 66.8 cm³/mol. The minimum Gasteiger partial charge on any atom is -0.371 e. The van der Waals surface area contributed by atoms with Gasteiger partial charge in [-0.2, -0.15) is 0 Å². The quantitative estimate of drug-likeness (QED) is 0.804. The summed E-state index contributed by atoms with van der Waals surface area (Å²) in [4.78, 5) is 14.1.